The maximum Gasteiger partial charge on any atom is 0.117 e. The smallest absolute Gasteiger partial charge is 0.104 e. The number of halogens is 2. The van der Waals surface area contributed by atoms with Crippen LogP contribution in [0.1, 0.15) is 0 Å². The highest BCUT2D eigenvalue weighted by molar-refractivity contribution is 6.44. The van der Waals surface area contributed by atoms with Gasteiger partial charge in [-0.15, -0.1) is 23.2 Å². The molecule has 0 aromatic carbocycles. The van der Waals surface area contributed by atoms with Crippen molar-refractivity contribution in [3.05, 3.63) is 24.3 Å². The van der Waals surface area contributed by atoms with Gasteiger partial charge >= 0.3 is 0 Å². The number of alkyl halides is 2. The molecule has 0 heterocycles. The SMILES string of the molecule is ClC(Cl)C1C=CC=C1. The number of rotatable bonds is 1. The highest BCUT2D eigenvalue weighted by atomic mass is 35.5. The van der Waals surface area contributed by atoms with Crippen molar-refractivity contribution < 1.29 is 0 Å². The molecule has 0 radical (unpaired) electrons. The van der Waals surface area contributed by atoms with E-state index in [0.717, 1.165) is 0 Å². The first-order valence-electron chi connectivity index (χ1n) is 2.44. The predicted octanol–water partition coefficient (Wildman–Crippen LogP) is 2.53. The summed E-state index contributed by atoms with van der Waals surface area (Å²) in [4.78, 5) is -0.287. The van der Waals surface area contributed by atoms with Crippen molar-refractivity contribution in [1.29, 1.82) is 0 Å². The van der Waals surface area contributed by atoms with Gasteiger partial charge in [-0.25, -0.2) is 0 Å². The summed E-state index contributed by atoms with van der Waals surface area (Å²) < 4.78 is 0. The van der Waals surface area contributed by atoms with Crippen LogP contribution in [0.15, 0.2) is 24.3 Å². The quantitative estimate of drug-likeness (QED) is 0.502. The van der Waals surface area contributed by atoms with E-state index in [1.807, 2.05) is 24.3 Å². The molecule has 0 spiro atoms. The first-order chi connectivity index (χ1) is 3.80. The fraction of sp³-hybridized carbons (Fsp3) is 0.333. The maximum atomic E-state index is 5.55. The second-order valence-corrected chi connectivity index (χ2v) is 2.85. The van der Waals surface area contributed by atoms with E-state index >= 15 is 0 Å². The van der Waals surface area contributed by atoms with Gasteiger partial charge in [0.1, 0.15) is 4.84 Å². The molecule has 44 valence electrons. The Hall–Kier alpha value is 0.0600. The van der Waals surface area contributed by atoms with Crippen molar-refractivity contribution in [3.8, 4) is 0 Å². The van der Waals surface area contributed by atoms with Gasteiger partial charge < -0.3 is 0 Å². The molecule has 0 fully saturated rings. The molecular formula is C6H6Cl2. The van der Waals surface area contributed by atoms with Crippen LogP contribution in [-0.4, -0.2) is 4.84 Å². The third-order valence-electron chi connectivity index (χ3n) is 1.07. The van der Waals surface area contributed by atoms with E-state index in [-0.39, 0.29) is 10.8 Å². The van der Waals surface area contributed by atoms with Crippen LogP contribution < -0.4 is 0 Å². The third-order valence-corrected chi connectivity index (χ3v) is 1.65. The van der Waals surface area contributed by atoms with E-state index in [2.05, 4.69) is 0 Å². The molecule has 0 saturated carbocycles. The summed E-state index contributed by atoms with van der Waals surface area (Å²) in [5, 5.41) is 0. The Morgan fingerprint density at radius 2 is 1.62 bits per heavy atom. The van der Waals surface area contributed by atoms with Crippen molar-refractivity contribution in [3.63, 3.8) is 0 Å². The molecule has 0 N–H and O–H groups in total. The van der Waals surface area contributed by atoms with Gasteiger partial charge in [0.2, 0.25) is 0 Å². The van der Waals surface area contributed by atoms with Gasteiger partial charge in [-0.05, 0) is 0 Å². The molecule has 0 aliphatic heterocycles. The topological polar surface area (TPSA) is 0 Å². The molecule has 0 saturated heterocycles. The molecule has 2 heteroatoms. The lowest BCUT2D eigenvalue weighted by atomic mass is 10.2. The molecule has 0 nitrogen and oxygen atoms in total. The second kappa shape index (κ2) is 2.56. The zero-order chi connectivity index (χ0) is 5.98. The van der Waals surface area contributed by atoms with Crippen molar-refractivity contribution in [2.24, 2.45) is 5.92 Å². The van der Waals surface area contributed by atoms with Crippen molar-refractivity contribution in [2.75, 3.05) is 0 Å². The molecule has 8 heavy (non-hydrogen) atoms. The number of hydrogen-bond acceptors (Lipinski definition) is 0. The van der Waals surface area contributed by atoms with Crippen molar-refractivity contribution in [2.45, 2.75) is 4.84 Å². The maximum absolute atomic E-state index is 5.55. The molecule has 0 aromatic rings. The van der Waals surface area contributed by atoms with E-state index in [0.29, 0.717) is 0 Å². The average Bonchev–Trinajstić information content (AvgIpc) is 2.12. The molecular weight excluding hydrogens is 143 g/mol. The van der Waals surface area contributed by atoms with E-state index < -0.39 is 0 Å². The van der Waals surface area contributed by atoms with Gasteiger partial charge in [0, 0.05) is 5.92 Å². The van der Waals surface area contributed by atoms with Gasteiger partial charge in [0.05, 0.1) is 0 Å². The van der Waals surface area contributed by atoms with Crippen molar-refractivity contribution in [1.82, 2.24) is 0 Å². The molecule has 0 aromatic heterocycles. The first kappa shape index (κ1) is 6.18. The summed E-state index contributed by atoms with van der Waals surface area (Å²) in [6.07, 6.45) is 7.85. The summed E-state index contributed by atoms with van der Waals surface area (Å²) in [6.45, 7) is 0. The van der Waals surface area contributed by atoms with Crippen LogP contribution in [0.5, 0.6) is 0 Å². The van der Waals surface area contributed by atoms with Crippen LogP contribution >= 0.6 is 23.2 Å². The Balaban J connectivity index is 2.49. The molecule has 0 bridgehead atoms. The lowest BCUT2D eigenvalue weighted by Gasteiger charge is -2.02. The summed E-state index contributed by atoms with van der Waals surface area (Å²) in [7, 11) is 0. The monoisotopic (exact) mass is 148 g/mol. The molecule has 0 unspecified atom stereocenters. The average molecular weight is 149 g/mol. The second-order valence-electron chi connectivity index (χ2n) is 1.68. The van der Waals surface area contributed by atoms with E-state index in [4.69, 9.17) is 23.2 Å². The minimum atomic E-state index is -0.287. The van der Waals surface area contributed by atoms with Crippen molar-refractivity contribution >= 4 is 23.2 Å². The molecule has 1 rings (SSSR count). The Bertz CT molecular complexity index is 112. The standard InChI is InChI=1S/C6H6Cl2/c7-6(8)5-3-1-2-4-5/h1-6H. The van der Waals surface area contributed by atoms with Gasteiger partial charge in [0.15, 0.2) is 0 Å². The molecule has 0 atom stereocenters. The Morgan fingerprint density at radius 1 is 1.12 bits per heavy atom. The molecule has 0 amide bonds. The minimum Gasteiger partial charge on any atom is -0.104 e. The summed E-state index contributed by atoms with van der Waals surface area (Å²) in [6, 6.07) is 0. The Labute approximate surface area is 58.8 Å². The largest absolute Gasteiger partial charge is 0.117 e. The van der Waals surface area contributed by atoms with Crippen LogP contribution in [0, 0.1) is 5.92 Å². The van der Waals surface area contributed by atoms with Crippen LogP contribution in [-0.2, 0) is 0 Å². The number of hydrogen-bond donors (Lipinski definition) is 0. The summed E-state index contributed by atoms with van der Waals surface area (Å²) >= 11 is 11.1. The number of allylic oxidation sites excluding steroid dienone is 4. The third kappa shape index (κ3) is 1.27. The summed E-state index contributed by atoms with van der Waals surface area (Å²) in [5.41, 5.74) is 0. The first-order valence-corrected chi connectivity index (χ1v) is 3.31. The highest BCUT2D eigenvalue weighted by Crippen LogP contribution is 2.20. The fourth-order valence-corrected chi connectivity index (χ4v) is 0.953. The van der Waals surface area contributed by atoms with Gasteiger partial charge in [0.25, 0.3) is 0 Å². The van der Waals surface area contributed by atoms with Crippen LogP contribution in [0.3, 0.4) is 0 Å². The normalized spacial score (nSPS) is 18.9. The molecule has 1 aliphatic carbocycles. The minimum absolute atomic E-state index is 0.235. The lowest BCUT2D eigenvalue weighted by Crippen LogP contribution is -1.98. The van der Waals surface area contributed by atoms with Gasteiger partial charge in [-0.1, -0.05) is 24.3 Å². The molecule has 1 aliphatic rings. The van der Waals surface area contributed by atoms with Crippen LogP contribution in [0.25, 0.3) is 0 Å². The van der Waals surface area contributed by atoms with Gasteiger partial charge in [-0.2, -0.15) is 0 Å². The van der Waals surface area contributed by atoms with E-state index in [1.54, 1.807) is 0 Å². The summed E-state index contributed by atoms with van der Waals surface area (Å²) in [5.74, 6) is 0.235. The fourth-order valence-electron chi connectivity index (χ4n) is 0.617. The van der Waals surface area contributed by atoms with Crippen LogP contribution in [0.4, 0.5) is 0 Å². The zero-order valence-corrected chi connectivity index (χ0v) is 5.73. The zero-order valence-electron chi connectivity index (χ0n) is 4.22. The van der Waals surface area contributed by atoms with E-state index in [9.17, 15) is 0 Å². The predicted molar refractivity (Wildman–Crippen MR) is 37.3 cm³/mol. The lowest BCUT2D eigenvalue weighted by molar-refractivity contribution is 0.914. The Morgan fingerprint density at radius 3 is 1.88 bits per heavy atom. The highest BCUT2D eigenvalue weighted by Gasteiger charge is 2.10. The Kier molecular flexibility index (Phi) is 1.98. The van der Waals surface area contributed by atoms with Gasteiger partial charge in [-0.3, -0.25) is 0 Å². The van der Waals surface area contributed by atoms with Crippen LogP contribution in [0.2, 0.25) is 0 Å². The van der Waals surface area contributed by atoms with E-state index in [1.165, 1.54) is 0 Å².